The first-order valence-corrected chi connectivity index (χ1v) is 7.57. The molecule has 22 heavy (non-hydrogen) atoms. The van der Waals surface area contributed by atoms with Crippen LogP contribution in [0.25, 0.3) is 10.8 Å². The van der Waals surface area contributed by atoms with E-state index in [0.29, 0.717) is 0 Å². The summed E-state index contributed by atoms with van der Waals surface area (Å²) in [4.78, 5) is 23.6. The van der Waals surface area contributed by atoms with Crippen molar-refractivity contribution < 1.29 is 9.59 Å². The largest absolute Gasteiger partial charge is 0.368 e. The van der Waals surface area contributed by atoms with Crippen LogP contribution in [-0.2, 0) is 16.0 Å². The minimum Gasteiger partial charge on any atom is -0.368 e. The molecular weight excluding hydrogens is 276 g/mol. The summed E-state index contributed by atoms with van der Waals surface area (Å²) < 4.78 is 0. The smallest absolute Gasteiger partial charge is 0.240 e. The highest BCUT2D eigenvalue weighted by Crippen LogP contribution is 2.16. The highest BCUT2D eigenvalue weighted by Gasteiger charge is 2.23. The summed E-state index contributed by atoms with van der Waals surface area (Å²) in [5.41, 5.74) is 6.30. The number of rotatable bonds is 6. The predicted molar refractivity (Wildman–Crippen MR) is 88.2 cm³/mol. The molecule has 2 rings (SSSR count). The fourth-order valence-corrected chi connectivity index (χ4v) is 2.49. The first-order valence-electron chi connectivity index (χ1n) is 7.57. The first-order chi connectivity index (χ1) is 10.5. The lowest BCUT2D eigenvalue weighted by atomic mass is 9.98. The van der Waals surface area contributed by atoms with Crippen molar-refractivity contribution in [1.29, 1.82) is 0 Å². The number of carbonyl (C=O) groups is 2. The average molecular weight is 298 g/mol. The van der Waals surface area contributed by atoms with Crippen molar-refractivity contribution >= 4 is 22.6 Å². The normalized spacial score (nSPS) is 13.5. The van der Waals surface area contributed by atoms with Gasteiger partial charge < -0.3 is 11.1 Å². The van der Waals surface area contributed by atoms with Crippen LogP contribution in [-0.4, -0.2) is 17.9 Å². The molecule has 0 unspecified atom stereocenters. The van der Waals surface area contributed by atoms with Gasteiger partial charge in [-0.15, -0.1) is 0 Å². The Kier molecular flexibility index (Phi) is 5.15. The highest BCUT2D eigenvalue weighted by atomic mass is 16.2. The first kappa shape index (κ1) is 16.0. The van der Waals surface area contributed by atoms with E-state index < -0.39 is 11.9 Å². The van der Waals surface area contributed by atoms with Crippen LogP contribution in [0.4, 0.5) is 0 Å². The zero-order valence-electron chi connectivity index (χ0n) is 13.0. The van der Waals surface area contributed by atoms with Gasteiger partial charge in [0.1, 0.15) is 6.04 Å². The zero-order valence-corrected chi connectivity index (χ0v) is 13.0. The lowest BCUT2D eigenvalue weighted by molar-refractivity contribution is -0.128. The van der Waals surface area contributed by atoms with E-state index in [-0.39, 0.29) is 18.2 Å². The van der Waals surface area contributed by atoms with Crippen molar-refractivity contribution in [1.82, 2.24) is 5.32 Å². The van der Waals surface area contributed by atoms with Gasteiger partial charge in [-0.2, -0.15) is 0 Å². The van der Waals surface area contributed by atoms with E-state index in [0.717, 1.165) is 22.8 Å². The van der Waals surface area contributed by atoms with Gasteiger partial charge in [0, 0.05) is 0 Å². The lowest BCUT2D eigenvalue weighted by Crippen LogP contribution is -2.48. The van der Waals surface area contributed by atoms with Crippen LogP contribution < -0.4 is 11.1 Å². The molecule has 4 heteroatoms. The van der Waals surface area contributed by atoms with E-state index in [1.54, 1.807) is 0 Å². The third kappa shape index (κ3) is 3.85. The molecule has 0 fully saturated rings. The van der Waals surface area contributed by atoms with Crippen LogP contribution in [0.5, 0.6) is 0 Å². The summed E-state index contributed by atoms with van der Waals surface area (Å²) in [5, 5.41) is 4.99. The van der Waals surface area contributed by atoms with Crippen molar-refractivity contribution in [3.8, 4) is 0 Å². The highest BCUT2D eigenvalue weighted by molar-refractivity contribution is 5.89. The molecule has 2 atom stereocenters. The Hall–Kier alpha value is -2.36. The monoisotopic (exact) mass is 298 g/mol. The molecule has 0 heterocycles. The van der Waals surface area contributed by atoms with E-state index in [1.807, 2.05) is 56.3 Å². The number of hydrogen-bond donors (Lipinski definition) is 2. The number of fused-ring (bicyclic) bond motifs is 1. The predicted octanol–water partition coefficient (Wildman–Crippen LogP) is 2.40. The molecule has 0 aliphatic rings. The second-order valence-corrected chi connectivity index (χ2v) is 5.69. The molecule has 0 saturated carbocycles. The van der Waals surface area contributed by atoms with Gasteiger partial charge in [0.2, 0.25) is 11.8 Å². The van der Waals surface area contributed by atoms with Gasteiger partial charge in [0.15, 0.2) is 0 Å². The molecule has 0 aliphatic carbocycles. The van der Waals surface area contributed by atoms with E-state index in [1.165, 1.54) is 0 Å². The van der Waals surface area contributed by atoms with E-state index in [2.05, 4.69) is 5.32 Å². The number of nitrogens with one attached hydrogen (secondary N) is 1. The van der Waals surface area contributed by atoms with E-state index >= 15 is 0 Å². The number of benzene rings is 2. The van der Waals surface area contributed by atoms with Crippen molar-refractivity contribution in [3.63, 3.8) is 0 Å². The third-order valence-corrected chi connectivity index (χ3v) is 4.01. The van der Waals surface area contributed by atoms with Gasteiger partial charge in [0.25, 0.3) is 0 Å². The summed E-state index contributed by atoms with van der Waals surface area (Å²) in [6.45, 7) is 3.88. The van der Waals surface area contributed by atoms with Crippen molar-refractivity contribution in [2.45, 2.75) is 32.7 Å². The zero-order chi connectivity index (χ0) is 16.1. The number of primary amides is 1. The van der Waals surface area contributed by atoms with E-state index in [4.69, 9.17) is 5.73 Å². The maximum Gasteiger partial charge on any atom is 0.240 e. The van der Waals surface area contributed by atoms with Gasteiger partial charge in [0.05, 0.1) is 6.42 Å². The number of amides is 2. The molecule has 2 aromatic carbocycles. The Balaban J connectivity index is 2.08. The maximum absolute atomic E-state index is 12.2. The van der Waals surface area contributed by atoms with Crippen molar-refractivity contribution in [3.05, 3.63) is 48.0 Å². The van der Waals surface area contributed by atoms with Crippen LogP contribution in [0.1, 0.15) is 25.8 Å². The maximum atomic E-state index is 12.2. The van der Waals surface area contributed by atoms with Gasteiger partial charge in [-0.05, 0) is 22.3 Å². The molecule has 2 aromatic rings. The van der Waals surface area contributed by atoms with Crippen LogP contribution in [0.3, 0.4) is 0 Å². The van der Waals surface area contributed by atoms with E-state index in [9.17, 15) is 9.59 Å². The Bertz CT molecular complexity index is 682. The summed E-state index contributed by atoms with van der Waals surface area (Å²) in [6, 6.07) is 13.3. The minimum absolute atomic E-state index is 0.0260. The summed E-state index contributed by atoms with van der Waals surface area (Å²) in [5.74, 6) is -0.640. The van der Waals surface area contributed by atoms with Crippen LogP contribution in [0.15, 0.2) is 42.5 Å². The molecule has 4 nitrogen and oxygen atoms in total. The molecule has 0 saturated heterocycles. The summed E-state index contributed by atoms with van der Waals surface area (Å²) in [7, 11) is 0. The fraction of sp³-hybridized carbons (Fsp3) is 0.333. The molecule has 3 N–H and O–H groups in total. The SMILES string of the molecule is CC[C@@H](C)[C@H](NC(=O)Cc1ccc2ccccc2c1)C(N)=O. The second kappa shape index (κ2) is 7.07. The molecule has 0 radical (unpaired) electrons. The standard InChI is InChI=1S/C18H22N2O2/c1-3-12(2)17(18(19)22)20-16(21)11-13-8-9-14-6-4-5-7-15(14)10-13/h4-10,12,17H,3,11H2,1-2H3,(H2,19,22)(H,20,21)/t12-,17+/m1/s1. The molecule has 2 amide bonds. The Morgan fingerprint density at radius 2 is 1.82 bits per heavy atom. The van der Waals surface area contributed by atoms with Crippen LogP contribution in [0, 0.1) is 5.92 Å². The number of hydrogen-bond acceptors (Lipinski definition) is 2. The molecule has 0 aliphatic heterocycles. The average Bonchev–Trinajstić information content (AvgIpc) is 2.51. The van der Waals surface area contributed by atoms with Gasteiger partial charge in [-0.3, -0.25) is 9.59 Å². The number of nitrogens with two attached hydrogens (primary N) is 1. The van der Waals surface area contributed by atoms with Gasteiger partial charge >= 0.3 is 0 Å². The van der Waals surface area contributed by atoms with Gasteiger partial charge in [-0.1, -0.05) is 62.7 Å². The molecule has 0 bridgehead atoms. The molecule has 0 spiro atoms. The summed E-state index contributed by atoms with van der Waals surface area (Å²) >= 11 is 0. The minimum atomic E-state index is -0.613. The Morgan fingerprint density at radius 3 is 2.45 bits per heavy atom. The molecular formula is C18H22N2O2. The summed E-state index contributed by atoms with van der Waals surface area (Å²) in [6.07, 6.45) is 1.02. The molecule has 116 valence electrons. The Labute approximate surface area is 130 Å². The fourth-order valence-electron chi connectivity index (χ4n) is 2.49. The topological polar surface area (TPSA) is 72.2 Å². The number of carbonyl (C=O) groups excluding carboxylic acids is 2. The quantitative estimate of drug-likeness (QED) is 0.859. The second-order valence-electron chi connectivity index (χ2n) is 5.69. The molecule has 0 aromatic heterocycles. The van der Waals surface area contributed by atoms with Gasteiger partial charge in [-0.25, -0.2) is 0 Å². The third-order valence-electron chi connectivity index (χ3n) is 4.01. The van der Waals surface area contributed by atoms with Crippen molar-refractivity contribution in [2.75, 3.05) is 0 Å². The van der Waals surface area contributed by atoms with Crippen LogP contribution in [0.2, 0.25) is 0 Å². The Morgan fingerprint density at radius 1 is 1.14 bits per heavy atom. The van der Waals surface area contributed by atoms with Crippen molar-refractivity contribution in [2.24, 2.45) is 11.7 Å². The lowest BCUT2D eigenvalue weighted by Gasteiger charge is -2.21. The van der Waals surface area contributed by atoms with Crippen LogP contribution >= 0.6 is 0 Å².